The number of anilines is 1. The van der Waals surface area contributed by atoms with Gasteiger partial charge in [0.15, 0.2) is 0 Å². The van der Waals surface area contributed by atoms with Crippen molar-refractivity contribution in [2.24, 2.45) is 5.92 Å². The van der Waals surface area contributed by atoms with Gasteiger partial charge in [0.25, 0.3) is 0 Å². The zero-order chi connectivity index (χ0) is 12.3. The number of esters is 1. The van der Waals surface area contributed by atoms with Crippen molar-refractivity contribution in [3.8, 4) is 0 Å². The number of ether oxygens (including phenoxy) is 1. The number of hydrogen-bond donors (Lipinski definition) is 1. The summed E-state index contributed by atoms with van der Waals surface area (Å²) in [4.78, 5) is 15.6. The molecule has 1 aromatic heterocycles. The van der Waals surface area contributed by atoms with Crippen molar-refractivity contribution in [2.45, 2.75) is 19.8 Å². The first kappa shape index (κ1) is 12.2. The minimum absolute atomic E-state index is 0.351. The Bertz CT molecular complexity index is 419. The summed E-state index contributed by atoms with van der Waals surface area (Å²) in [6.45, 7) is 2.99. The largest absolute Gasteiger partial charge is 0.462 e. The number of carbonyl (C=O) groups is 1. The van der Waals surface area contributed by atoms with Crippen LogP contribution < -0.4 is 5.32 Å². The SMILES string of the molecule is CCOC(=O)c1cnc(Cl)cc1NCC1CC1. The molecule has 1 aliphatic carbocycles. The van der Waals surface area contributed by atoms with Crippen LogP contribution in [0.5, 0.6) is 0 Å². The minimum Gasteiger partial charge on any atom is -0.462 e. The maximum atomic E-state index is 11.7. The summed E-state index contributed by atoms with van der Waals surface area (Å²) in [7, 11) is 0. The highest BCUT2D eigenvalue weighted by molar-refractivity contribution is 6.29. The van der Waals surface area contributed by atoms with Crippen LogP contribution in [0.3, 0.4) is 0 Å². The molecule has 0 saturated heterocycles. The van der Waals surface area contributed by atoms with E-state index in [0.29, 0.717) is 23.0 Å². The second kappa shape index (κ2) is 5.36. The molecule has 17 heavy (non-hydrogen) atoms. The molecule has 92 valence electrons. The number of halogens is 1. The summed E-state index contributed by atoms with van der Waals surface area (Å²) >= 11 is 5.83. The van der Waals surface area contributed by atoms with Crippen molar-refractivity contribution in [1.29, 1.82) is 0 Å². The fourth-order valence-corrected chi connectivity index (χ4v) is 1.68. The van der Waals surface area contributed by atoms with E-state index in [-0.39, 0.29) is 5.97 Å². The third-order valence-electron chi connectivity index (χ3n) is 2.64. The number of aromatic nitrogens is 1. The minimum atomic E-state index is -0.366. The number of nitrogens with zero attached hydrogens (tertiary/aromatic N) is 1. The lowest BCUT2D eigenvalue weighted by molar-refractivity contribution is 0.0527. The highest BCUT2D eigenvalue weighted by atomic mass is 35.5. The van der Waals surface area contributed by atoms with Gasteiger partial charge < -0.3 is 10.1 Å². The molecule has 1 fully saturated rings. The van der Waals surface area contributed by atoms with E-state index in [1.165, 1.54) is 19.0 Å². The molecule has 0 radical (unpaired) electrons. The Kier molecular flexibility index (Phi) is 3.84. The summed E-state index contributed by atoms with van der Waals surface area (Å²) in [6.07, 6.45) is 3.96. The molecule has 0 bridgehead atoms. The maximum Gasteiger partial charge on any atom is 0.341 e. The molecular formula is C12H15ClN2O2. The Labute approximate surface area is 105 Å². The standard InChI is InChI=1S/C12H15ClN2O2/c1-2-17-12(16)9-7-15-11(13)5-10(9)14-6-8-3-4-8/h5,7-8H,2-4,6H2,1H3,(H,14,15). The van der Waals surface area contributed by atoms with Crippen molar-refractivity contribution in [3.05, 3.63) is 23.0 Å². The van der Waals surface area contributed by atoms with Gasteiger partial charge >= 0.3 is 5.97 Å². The molecule has 0 atom stereocenters. The molecule has 1 aromatic rings. The van der Waals surface area contributed by atoms with Gasteiger partial charge in [-0.25, -0.2) is 9.78 Å². The topological polar surface area (TPSA) is 51.2 Å². The predicted octanol–water partition coefficient (Wildman–Crippen LogP) is 2.73. The maximum absolute atomic E-state index is 11.7. The number of nitrogens with one attached hydrogen (secondary N) is 1. The number of carbonyl (C=O) groups excluding carboxylic acids is 1. The van der Waals surface area contributed by atoms with Crippen molar-refractivity contribution in [1.82, 2.24) is 4.98 Å². The summed E-state index contributed by atoms with van der Waals surface area (Å²) < 4.78 is 4.97. The van der Waals surface area contributed by atoms with E-state index in [0.717, 1.165) is 12.5 Å². The number of hydrogen-bond acceptors (Lipinski definition) is 4. The Balaban J connectivity index is 2.13. The number of rotatable bonds is 5. The van der Waals surface area contributed by atoms with Gasteiger partial charge in [0.1, 0.15) is 10.7 Å². The number of pyridine rings is 1. The molecule has 0 amide bonds. The van der Waals surface area contributed by atoms with Gasteiger partial charge in [0.05, 0.1) is 12.3 Å². The summed E-state index contributed by atoms with van der Waals surface area (Å²) in [5, 5.41) is 3.60. The fraction of sp³-hybridized carbons (Fsp3) is 0.500. The van der Waals surface area contributed by atoms with E-state index in [9.17, 15) is 4.79 Å². The first-order chi connectivity index (χ1) is 8.20. The molecule has 0 aromatic carbocycles. The Morgan fingerprint density at radius 3 is 3.06 bits per heavy atom. The van der Waals surface area contributed by atoms with Gasteiger partial charge in [-0.05, 0) is 31.7 Å². The van der Waals surface area contributed by atoms with Crippen molar-refractivity contribution in [2.75, 3.05) is 18.5 Å². The molecule has 0 aliphatic heterocycles. The van der Waals surface area contributed by atoms with E-state index in [2.05, 4.69) is 10.3 Å². The lowest BCUT2D eigenvalue weighted by Crippen LogP contribution is -2.12. The fourth-order valence-electron chi connectivity index (χ4n) is 1.52. The lowest BCUT2D eigenvalue weighted by atomic mass is 10.2. The van der Waals surface area contributed by atoms with Crippen LogP contribution in [0, 0.1) is 5.92 Å². The molecule has 1 aliphatic rings. The molecule has 0 unspecified atom stereocenters. The second-order valence-corrected chi connectivity index (χ2v) is 4.48. The smallest absolute Gasteiger partial charge is 0.341 e. The van der Waals surface area contributed by atoms with Crippen LogP contribution in [0.1, 0.15) is 30.1 Å². The van der Waals surface area contributed by atoms with Gasteiger partial charge in [-0.15, -0.1) is 0 Å². The summed E-state index contributed by atoms with van der Waals surface area (Å²) in [5.74, 6) is 0.354. The van der Waals surface area contributed by atoms with E-state index in [1.54, 1.807) is 13.0 Å². The van der Waals surface area contributed by atoms with Crippen LogP contribution in [0.4, 0.5) is 5.69 Å². The van der Waals surface area contributed by atoms with Crippen molar-refractivity contribution < 1.29 is 9.53 Å². The molecule has 1 saturated carbocycles. The third-order valence-corrected chi connectivity index (χ3v) is 2.85. The van der Waals surface area contributed by atoms with Crippen LogP contribution >= 0.6 is 11.6 Å². The van der Waals surface area contributed by atoms with Gasteiger partial charge in [-0.3, -0.25) is 0 Å². The first-order valence-corrected chi connectivity index (χ1v) is 6.15. The molecule has 4 nitrogen and oxygen atoms in total. The average Bonchev–Trinajstić information content (AvgIpc) is 3.10. The van der Waals surface area contributed by atoms with Gasteiger partial charge in [-0.1, -0.05) is 11.6 Å². The van der Waals surface area contributed by atoms with E-state index in [4.69, 9.17) is 16.3 Å². The first-order valence-electron chi connectivity index (χ1n) is 5.77. The normalized spacial score (nSPS) is 14.5. The van der Waals surface area contributed by atoms with Gasteiger partial charge in [0.2, 0.25) is 0 Å². The zero-order valence-corrected chi connectivity index (χ0v) is 10.5. The van der Waals surface area contributed by atoms with Crippen LogP contribution in [-0.4, -0.2) is 24.1 Å². The zero-order valence-electron chi connectivity index (χ0n) is 9.70. The van der Waals surface area contributed by atoms with Crippen molar-refractivity contribution >= 4 is 23.3 Å². The Hall–Kier alpha value is -1.29. The summed E-state index contributed by atoms with van der Waals surface area (Å²) in [5.41, 5.74) is 1.15. The molecule has 0 spiro atoms. The average molecular weight is 255 g/mol. The van der Waals surface area contributed by atoms with Gasteiger partial charge in [-0.2, -0.15) is 0 Å². The third kappa shape index (κ3) is 3.33. The molecular weight excluding hydrogens is 240 g/mol. The van der Waals surface area contributed by atoms with Crippen LogP contribution in [0.15, 0.2) is 12.3 Å². The highest BCUT2D eigenvalue weighted by Gasteiger charge is 2.22. The van der Waals surface area contributed by atoms with Crippen LogP contribution in [-0.2, 0) is 4.74 Å². The molecule has 5 heteroatoms. The Morgan fingerprint density at radius 2 is 2.41 bits per heavy atom. The lowest BCUT2D eigenvalue weighted by Gasteiger charge is -2.10. The van der Waals surface area contributed by atoms with Crippen LogP contribution in [0.2, 0.25) is 5.15 Å². The molecule has 1 N–H and O–H groups in total. The second-order valence-electron chi connectivity index (χ2n) is 4.10. The summed E-state index contributed by atoms with van der Waals surface area (Å²) in [6, 6.07) is 1.66. The highest BCUT2D eigenvalue weighted by Crippen LogP contribution is 2.30. The molecule has 1 heterocycles. The quantitative estimate of drug-likeness (QED) is 0.648. The van der Waals surface area contributed by atoms with E-state index >= 15 is 0 Å². The monoisotopic (exact) mass is 254 g/mol. The van der Waals surface area contributed by atoms with Gasteiger partial charge in [0, 0.05) is 12.7 Å². The van der Waals surface area contributed by atoms with Crippen molar-refractivity contribution in [3.63, 3.8) is 0 Å². The molecule has 2 rings (SSSR count). The Morgan fingerprint density at radius 1 is 1.65 bits per heavy atom. The predicted molar refractivity (Wildman–Crippen MR) is 66.4 cm³/mol. The van der Waals surface area contributed by atoms with Crippen LogP contribution in [0.25, 0.3) is 0 Å². The van der Waals surface area contributed by atoms with E-state index < -0.39 is 0 Å². The van der Waals surface area contributed by atoms with E-state index in [1.807, 2.05) is 0 Å².